The summed E-state index contributed by atoms with van der Waals surface area (Å²) in [6.07, 6.45) is 0.971. The van der Waals surface area contributed by atoms with Gasteiger partial charge in [0, 0.05) is 13.2 Å². The van der Waals surface area contributed by atoms with Gasteiger partial charge < -0.3 is 0 Å². The molecule has 1 aliphatic heterocycles. The molecule has 110 valence electrons. The summed E-state index contributed by atoms with van der Waals surface area (Å²) in [6.45, 7) is 0. The van der Waals surface area contributed by atoms with Crippen molar-refractivity contribution in [2.75, 3.05) is 4.90 Å². The van der Waals surface area contributed by atoms with Gasteiger partial charge in [-0.3, -0.25) is 14.5 Å². The van der Waals surface area contributed by atoms with Gasteiger partial charge in [-0.15, -0.1) is 0 Å². The van der Waals surface area contributed by atoms with Crippen molar-refractivity contribution in [3.8, 4) is 0 Å². The fourth-order valence-corrected chi connectivity index (χ4v) is 6.43. The highest BCUT2D eigenvalue weighted by atomic mass is 127. The summed E-state index contributed by atoms with van der Waals surface area (Å²) >= 11 is 9.62. The number of hydrogen-bond donors (Lipinski definition) is 0. The summed E-state index contributed by atoms with van der Waals surface area (Å²) in [6, 6.07) is 7.58. The van der Waals surface area contributed by atoms with Crippen LogP contribution in [0.25, 0.3) is 0 Å². The molecule has 0 radical (unpaired) electrons. The minimum Gasteiger partial charge on any atom is -0.274 e. The van der Waals surface area contributed by atoms with Crippen molar-refractivity contribution in [1.82, 2.24) is 0 Å². The van der Waals surface area contributed by atoms with Gasteiger partial charge in [-0.25, -0.2) is 0 Å². The van der Waals surface area contributed by atoms with Crippen molar-refractivity contribution >= 4 is 72.0 Å². The summed E-state index contributed by atoms with van der Waals surface area (Å²) in [7, 11) is 0. The molecule has 6 heteroatoms. The molecule has 2 bridgehead atoms. The van der Waals surface area contributed by atoms with E-state index in [9.17, 15) is 9.59 Å². The second kappa shape index (κ2) is 5.03. The van der Waals surface area contributed by atoms with E-state index in [1.165, 1.54) is 4.90 Å². The smallest absolute Gasteiger partial charge is 0.238 e. The van der Waals surface area contributed by atoms with E-state index < -0.39 is 0 Å². The highest BCUT2D eigenvalue weighted by Crippen LogP contribution is 2.60. The molecule has 3 nitrogen and oxygen atoms in total. The summed E-state index contributed by atoms with van der Waals surface area (Å²) in [4.78, 5) is 27.6. The quantitative estimate of drug-likeness (QED) is 0.320. The number of benzene rings is 1. The fraction of sp³-hybridized carbons (Fsp3) is 0.467. The Morgan fingerprint density at radius 1 is 0.952 bits per heavy atom. The second-order valence-corrected chi connectivity index (χ2v) is 9.35. The predicted octanol–water partition coefficient (Wildman–Crippen LogP) is 3.57. The maximum atomic E-state index is 12.8. The Hall–Kier alpha value is 0.0500. The molecule has 0 aromatic heterocycles. The van der Waals surface area contributed by atoms with Crippen LogP contribution in [0.15, 0.2) is 24.3 Å². The average Bonchev–Trinajstić information content (AvgIpc) is 3.06. The summed E-state index contributed by atoms with van der Waals surface area (Å²) in [5.41, 5.74) is 0.705. The van der Waals surface area contributed by atoms with Crippen LogP contribution in [-0.2, 0) is 9.59 Å². The molecule has 3 aliphatic rings. The average molecular weight is 525 g/mol. The molecule has 1 aromatic carbocycles. The molecule has 2 amide bonds. The van der Waals surface area contributed by atoms with E-state index in [0.29, 0.717) is 5.69 Å². The van der Waals surface area contributed by atoms with E-state index in [4.69, 9.17) is 0 Å². The molecule has 0 spiro atoms. The number of alkyl halides is 2. The molecule has 0 unspecified atom stereocenters. The first-order chi connectivity index (χ1) is 10.0. The molecular formula is C15H12Br2INO2. The SMILES string of the molecule is O=C1[C@H]2[C@@H]3C[C@@H]([C@@H](Br)[C@H]3Br)[C@@H]2C(=O)N1c1ccc(I)cc1. The van der Waals surface area contributed by atoms with Crippen LogP contribution in [0.1, 0.15) is 6.42 Å². The van der Waals surface area contributed by atoms with Crippen LogP contribution in [0.5, 0.6) is 0 Å². The van der Waals surface area contributed by atoms with E-state index in [-0.39, 0.29) is 45.1 Å². The van der Waals surface area contributed by atoms with Crippen molar-refractivity contribution in [1.29, 1.82) is 0 Å². The Morgan fingerprint density at radius 2 is 1.43 bits per heavy atom. The fourth-order valence-electron chi connectivity index (χ4n) is 4.19. The van der Waals surface area contributed by atoms with Crippen molar-refractivity contribution in [3.05, 3.63) is 27.8 Å². The zero-order valence-electron chi connectivity index (χ0n) is 10.9. The number of carbonyl (C=O) groups excluding carboxylic acids is 2. The predicted molar refractivity (Wildman–Crippen MR) is 95.7 cm³/mol. The molecule has 3 fully saturated rings. The van der Waals surface area contributed by atoms with Gasteiger partial charge in [-0.1, -0.05) is 31.9 Å². The standard InChI is InChI=1S/C15H12Br2INO2/c16-12-8-5-9(13(12)17)11-10(8)14(20)19(15(11)21)7-3-1-6(18)2-4-7/h1-4,8-13H,5H2/t8-,9+,10-,11-,12-,13+/m0/s1. The number of amides is 2. The number of fused-ring (bicyclic) bond motifs is 5. The van der Waals surface area contributed by atoms with Crippen LogP contribution in [0.4, 0.5) is 5.69 Å². The molecule has 1 aromatic rings. The van der Waals surface area contributed by atoms with Crippen LogP contribution in [0.2, 0.25) is 0 Å². The van der Waals surface area contributed by atoms with Crippen molar-refractivity contribution in [2.45, 2.75) is 16.1 Å². The van der Waals surface area contributed by atoms with Crippen LogP contribution < -0.4 is 4.90 Å². The number of nitrogens with zero attached hydrogens (tertiary/aromatic N) is 1. The number of halogens is 3. The Kier molecular flexibility index (Phi) is 3.50. The number of imide groups is 1. The van der Waals surface area contributed by atoms with E-state index >= 15 is 0 Å². The highest BCUT2D eigenvalue weighted by Gasteiger charge is 2.66. The first-order valence-electron chi connectivity index (χ1n) is 6.92. The molecule has 4 rings (SSSR count). The molecular weight excluding hydrogens is 513 g/mol. The maximum Gasteiger partial charge on any atom is 0.238 e. The molecule has 21 heavy (non-hydrogen) atoms. The molecule has 1 heterocycles. The number of carbonyl (C=O) groups is 2. The topological polar surface area (TPSA) is 37.4 Å². The van der Waals surface area contributed by atoms with E-state index in [1.54, 1.807) is 0 Å². The largest absolute Gasteiger partial charge is 0.274 e. The molecule has 1 saturated heterocycles. The number of anilines is 1. The lowest BCUT2D eigenvalue weighted by atomic mass is 9.81. The van der Waals surface area contributed by atoms with Gasteiger partial charge in [0.25, 0.3) is 0 Å². The minimum atomic E-state index is -0.139. The van der Waals surface area contributed by atoms with E-state index in [0.717, 1.165) is 9.99 Å². The number of rotatable bonds is 1. The first kappa shape index (κ1) is 14.6. The van der Waals surface area contributed by atoms with Gasteiger partial charge in [0.05, 0.1) is 17.5 Å². The van der Waals surface area contributed by atoms with Crippen LogP contribution in [-0.4, -0.2) is 21.5 Å². The zero-order valence-corrected chi connectivity index (χ0v) is 16.2. The Bertz CT molecular complexity index is 603. The lowest BCUT2D eigenvalue weighted by molar-refractivity contribution is -0.123. The van der Waals surface area contributed by atoms with Crippen molar-refractivity contribution < 1.29 is 9.59 Å². The summed E-state index contributed by atoms with van der Waals surface area (Å²) in [5, 5.41) is 0. The molecule has 2 saturated carbocycles. The van der Waals surface area contributed by atoms with Crippen LogP contribution >= 0.6 is 54.5 Å². The maximum absolute atomic E-state index is 12.8. The monoisotopic (exact) mass is 523 g/mol. The Labute approximate surface area is 153 Å². The third-order valence-corrected chi connectivity index (χ3v) is 9.00. The van der Waals surface area contributed by atoms with E-state index in [2.05, 4.69) is 54.5 Å². The third kappa shape index (κ3) is 1.94. The highest BCUT2D eigenvalue weighted by molar-refractivity contribution is 14.1. The van der Waals surface area contributed by atoms with Crippen molar-refractivity contribution in [3.63, 3.8) is 0 Å². The zero-order chi connectivity index (χ0) is 14.9. The second-order valence-electron chi connectivity index (χ2n) is 5.99. The molecule has 0 N–H and O–H groups in total. The van der Waals surface area contributed by atoms with Crippen LogP contribution in [0, 0.1) is 27.2 Å². The summed E-state index contributed by atoms with van der Waals surface area (Å²) in [5.74, 6) is 0.245. The summed E-state index contributed by atoms with van der Waals surface area (Å²) < 4.78 is 1.09. The van der Waals surface area contributed by atoms with Crippen molar-refractivity contribution in [2.24, 2.45) is 23.7 Å². The van der Waals surface area contributed by atoms with Gasteiger partial charge in [0.15, 0.2) is 0 Å². The lowest BCUT2D eigenvalue weighted by Crippen LogP contribution is -2.37. The van der Waals surface area contributed by atoms with Gasteiger partial charge in [0.1, 0.15) is 0 Å². The van der Waals surface area contributed by atoms with Gasteiger partial charge in [0.2, 0.25) is 11.8 Å². The van der Waals surface area contributed by atoms with Gasteiger partial charge >= 0.3 is 0 Å². The normalized spacial score (nSPS) is 41.0. The molecule has 6 atom stereocenters. The Balaban J connectivity index is 1.73. The third-order valence-electron chi connectivity index (χ3n) is 5.07. The van der Waals surface area contributed by atoms with E-state index in [1.807, 2.05) is 24.3 Å². The first-order valence-corrected chi connectivity index (χ1v) is 9.83. The minimum absolute atomic E-state index is 0.0115. The van der Waals surface area contributed by atoms with Crippen LogP contribution in [0.3, 0.4) is 0 Å². The van der Waals surface area contributed by atoms with Gasteiger partial charge in [-0.2, -0.15) is 0 Å². The van der Waals surface area contributed by atoms with Gasteiger partial charge in [-0.05, 0) is 65.1 Å². The Morgan fingerprint density at radius 3 is 1.90 bits per heavy atom. The number of hydrogen-bond acceptors (Lipinski definition) is 2. The molecule has 2 aliphatic carbocycles. The lowest BCUT2D eigenvalue weighted by Gasteiger charge is -2.28.